The number of unbranched alkanes of at least 4 members (excludes halogenated alkanes) is 8. The molecule has 0 rings (SSSR count). The highest BCUT2D eigenvalue weighted by molar-refractivity contribution is 5.71. The average molecular weight is 901 g/mol. The van der Waals surface area contributed by atoms with Gasteiger partial charge in [-0.25, -0.2) is 0 Å². The molecule has 1 unspecified atom stereocenters. The van der Waals surface area contributed by atoms with Crippen LogP contribution in [0.15, 0.2) is 194 Å². The second-order valence-electron chi connectivity index (χ2n) is 15.2. The Morgan fingerprint density at radius 3 is 1.03 bits per heavy atom. The van der Waals surface area contributed by atoms with Crippen LogP contribution in [0.1, 0.15) is 143 Å². The van der Waals surface area contributed by atoms with E-state index in [0.717, 1.165) is 83.5 Å². The summed E-state index contributed by atoms with van der Waals surface area (Å²) in [4.78, 5) is 37.9. The summed E-state index contributed by atoms with van der Waals surface area (Å²) in [5, 5.41) is 0. The predicted molar refractivity (Wildman–Crippen MR) is 283 cm³/mol. The molecular weight excluding hydrogens is 817 g/mol. The minimum Gasteiger partial charge on any atom is -0.462 e. The molecule has 0 aliphatic rings. The van der Waals surface area contributed by atoms with Crippen molar-refractivity contribution in [3.8, 4) is 0 Å². The third-order valence-corrected chi connectivity index (χ3v) is 9.18. The molecule has 0 aromatic rings. The van der Waals surface area contributed by atoms with Gasteiger partial charge in [0.1, 0.15) is 13.2 Å². The van der Waals surface area contributed by atoms with Crippen LogP contribution in [0.4, 0.5) is 0 Å². The van der Waals surface area contributed by atoms with Crippen molar-refractivity contribution in [3.05, 3.63) is 194 Å². The van der Waals surface area contributed by atoms with Gasteiger partial charge >= 0.3 is 17.9 Å². The maximum absolute atomic E-state index is 12.8. The molecule has 360 valence electrons. The number of esters is 3. The molecule has 0 aliphatic heterocycles. The zero-order valence-electron chi connectivity index (χ0n) is 40.9. The summed E-state index contributed by atoms with van der Waals surface area (Å²) in [6.45, 7) is 6.07. The lowest BCUT2D eigenvalue weighted by Gasteiger charge is -2.18. The third-order valence-electron chi connectivity index (χ3n) is 9.18. The summed E-state index contributed by atoms with van der Waals surface area (Å²) in [7, 11) is 0. The second-order valence-corrected chi connectivity index (χ2v) is 15.2. The van der Waals surface area contributed by atoms with E-state index in [1.165, 1.54) is 0 Å². The molecule has 0 aromatic heterocycles. The van der Waals surface area contributed by atoms with Gasteiger partial charge in [0.05, 0.1) is 0 Å². The molecule has 0 aromatic carbocycles. The molecule has 0 saturated heterocycles. The van der Waals surface area contributed by atoms with E-state index >= 15 is 0 Å². The van der Waals surface area contributed by atoms with Crippen LogP contribution < -0.4 is 0 Å². The standard InChI is InChI=1S/C60H84O6/c1-4-7-10-13-16-19-22-25-27-29-30-32-33-35-38-41-44-47-50-53-59(62)65-56-57(55-64-58(61)52-49-46-43-40-37-24-21-18-15-12-9-6-3)66-60(63)54-51-48-45-42-39-36-34-31-28-26-23-20-17-14-11-8-5-2/h7-14,16-23,25-40,57H,4-6,15,24,41-56H2,1-3H3/b10-7-,11-8-,12-9-,16-13-,17-14-,21-18-,22-19-,23-20-,27-25-,28-26-,30-29+,33-32-,34-31+,38-35-,39-36-,40-37-. The van der Waals surface area contributed by atoms with Crippen molar-refractivity contribution in [2.24, 2.45) is 0 Å². The van der Waals surface area contributed by atoms with E-state index < -0.39 is 6.10 Å². The lowest BCUT2D eigenvalue weighted by molar-refractivity contribution is -0.167. The Hall–Kier alpha value is -5.75. The highest BCUT2D eigenvalue weighted by atomic mass is 16.6. The van der Waals surface area contributed by atoms with Crippen LogP contribution in [-0.4, -0.2) is 37.2 Å². The molecule has 0 fully saturated rings. The monoisotopic (exact) mass is 901 g/mol. The fraction of sp³-hybridized carbons (Fsp3) is 0.417. The van der Waals surface area contributed by atoms with Gasteiger partial charge in [-0.15, -0.1) is 0 Å². The van der Waals surface area contributed by atoms with E-state index in [2.05, 4.69) is 81.5 Å². The summed E-state index contributed by atoms with van der Waals surface area (Å²) in [6, 6.07) is 0. The second kappa shape index (κ2) is 51.9. The lowest BCUT2D eigenvalue weighted by Crippen LogP contribution is -2.30. The minimum absolute atomic E-state index is 0.144. The van der Waals surface area contributed by atoms with E-state index in [-0.39, 0.29) is 50.4 Å². The molecular formula is C60H84O6. The van der Waals surface area contributed by atoms with Crippen molar-refractivity contribution in [1.29, 1.82) is 0 Å². The summed E-state index contributed by atoms with van der Waals surface area (Å²) in [5.41, 5.74) is 0. The van der Waals surface area contributed by atoms with Crippen molar-refractivity contribution < 1.29 is 28.6 Å². The van der Waals surface area contributed by atoms with Crippen molar-refractivity contribution in [3.63, 3.8) is 0 Å². The Morgan fingerprint density at radius 1 is 0.318 bits per heavy atom. The SMILES string of the molecule is CC\C=C/C=C\C=C/C=C\C=C\C=C/C=C\CCCCCC(=O)OCC(COC(=O)CCCC/C=C\C/C=C\C/C=C\CC)OC(=O)CCCCC\C=C/C=C/C=C\C=C/C=C\C=C/CC. The van der Waals surface area contributed by atoms with Crippen LogP contribution >= 0.6 is 0 Å². The number of carbonyl (C=O) groups excluding carboxylic acids is 3. The van der Waals surface area contributed by atoms with Crippen LogP contribution in [0.25, 0.3) is 0 Å². The molecule has 6 nitrogen and oxygen atoms in total. The van der Waals surface area contributed by atoms with Gasteiger partial charge in [-0.1, -0.05) is 228 Å². The Labute approximate surface area is 401 Å². The predicted octanol–water partition coefficient (Wildman–Crippen LogP) is 16.4. The first-order valence-electron chi connectivity index (χ1n) is 24.6. The van der Waals surface area contributed by atoms with Gasteiger partial charge in [0.15, 0.2) is 6.10 Å². The highest BCUT2D eigenvalue weighted by Gasteiger charge is 2.19. The minimum atomic E-state index is -0.848. The maximum Gasteiger partial charge on any atom is 0.306 e. The number of allylic oxidation sites excluding steroid dienone is 32. The van der Waals surface area contributed by atoms with E-state index in [9.17, 15) is 14.4 Å². The lowest BCUT2D eigenvalue weighted by atomic mass is 10.1. The molecule has 0 bridgehead atoms. The van der Waals surface area contributed by atoms with Crippen molar-refractivity contribution in [2.45, 2.75) is 149 Å². The normalized spacial score (nSPS) is 13.8. The van der Waals surface area contributed by atoms with Gasteiger partial charge in [0.25, 0.3) is 0 Å². The van der Waals surface area contributed by atoms with Crippen LogP contribution in [0, 0.1) is 0 Å². The fourth-order valence-electron chi connectivity index (χ4n) is 5.59. The molecule has 0 aliphatic carbocycles. The molecule has 0 amide bonds. The van der Waals surface area contributed by atoms with E-state index in [0.29, 0.717) is 19.3 Å². The number of rotatable bonds is 40. The first-order valence-corrected chi connectivity index (χ1v) is 24.6. The molecule has 0 N–H and O–H groups in total. The van der Waals surface area contributed by atoms with Gasteiger partial charge in [0, 0.05) is 19.3 Å². The first kappa shape index (κ1) is 60.2. The Bertz CT molecular complexity index is 1690. The van der Waals surface area contributed by atoms with Crippen LogP contribution in [0.5, 0.6) is 0 Å². The van der Waals surface area contributed by atoms with Gasteiger partial charge in [0.2, 0.25) is 0 Å². The third kappa shape index (κ3) is 49.3. The molecule has 0 spiro atoms. The van der Waals surface area contributed by atoms with Gasteiger partial charge in [-0.2, -0.15) is 0 Å². The van der Waals surface area contributed by atoms with Crippen molar-refractivity contribution in [2.75, 3.05) is 13.2 Å². The average Bonchev–Trinajstić information content (AvgIpc) is 3.31. The van der Waals surface area contributed by atoms with E-state index in [1.54, 1.807) is 0 Å². The van der Waals surface area contributed by atoms with Gasteiger partial charge in [-0.05, 0) is 89.9 Å². The fourth-order valence-corrected chi connectivity index (χ4v) is 5.59. The number of hydrogen-bond acceptors (Lipinski definition) is 6. The number of hydrogen-bond donors (Lipinski definition) is 0. The Morgan fingerprint density at radius 2 is 0.621 bits per heavy atom. The first-order chi connectivity index (χ1) is 32.5. The smallest absolute Gasteiger partial charge is 0.306 e. The number of carbonyl (C=O) groups is 3. The van der Waals surface area contributed by atoms with Crippen molar-refractivity contribution >= 4 is 17.9 Å². The molecule has 1 atom stereocenters. The topological polar surface area (TPSA) is 78.9 Å². The van der Waals surface area contributed by atoms with Gasteiger partial charge in [-0.3, -0.25) is 14.4 Å². The van der Waals surface area contributed by atoms with Gasteiger partial charge < -0.3 is 14.2 Å². The molecule has 6 heteroatoms. The van der Waals surface area contributed by atoms with Crippen LogP contribution in [0.2, 0.25) is 0 Å². The van der Waals surface area contributed by atoms with E-state index in [4.69, 9.17) is 14.2 Å². The summed E-state index contributed by atoms with van der Waals surface area (Å²) in [6.07, 6.45) is 79.8. The quantitative estimate of drug-likeness (QED) is 0.0200. The molecule has 0 heterocycles. The largest absolute Gasteiger partial charge is 0.462 e. The highest BCUT2D eigenvalue weighted by Crippen LogP contribution is 2.10. The zero-order valence-corrected chi connectivity index (χ0v) is 40.9. The summed E-state index contributed by atoms with van der Waals surface area (Å²) < 4.78 is 16.7. The van der Waals surface area contributed by atoms with Crippen LogP contribution in [-0.2, 0) is 28.6 Å². The Balaban J connectivity index is 4.69. The summed E-state index contributed by atoms with van der Waals surface area (Å²) in [5.74, 6) is -1.09. The Kier molecular flexibility index (Phi) is 47.4. The summed E-state index contributed by atoms with van der Waals surface area (Å²) >= 11 is 0. The zero-order chi connectivity index (χ0) is 47.9. The van der Waals surface area contributed by atoms with Crippen LogP contribution in [0.3, 0.4) is 0 Å². The maximum atomic E-state index is 12.8. The molecule has 0 saturated carbocycles. The van der Waals surface area contributed by atoms with E-state index in [1.807, 2.05) is 134 Å². The molecule has 66 heavy (non-hydrogen) atoms. The molecule has 0 radical (unpaired) electrons. The number of ether oxygens (including phenoxy) is 3. The van der Waals surface area contributed by atoms with Crippen molar-refractivity contribution in [1.82, 2.24) is 0 Å².